The third-order valence-corrected chi connectivity index (χ3v) is 4.53. The first-order chi connectivity index (χ1) is 12.5. The van der Waals surface area contributed by atoms with Gasteiger partial charge in [0.25, 0.3) is 0 Å². The molecule has 0 saturated heterocycles. The Labute approximate surface area is 157 Å². The highest BCUT2D eigenvalue weighted by atomic mass is 14.9. The third-order valence-electron chi connectivity index (χ3n) is 4.53. The number of anilines is 2. The normalized spacial score (nSPS) is 10.6. The smallest absolute Gasteiger partial charge is 0.0404 e. The quantitative estimate of drug-likeness (QED) is 0.561. The summed E-state index contributed by atoms with van der Waals surface area (Å²) in [5, 5.41) is 7.14. The molecule has 0 aliphatic heterocycles. The maximum atomic E-state index is 3.57. The van der Waals surface area contributed by atoms with Crippen LogP contribution in [-0.2, 0) is 13.1 Å². The maximum absolute atomic E-state index is 3.57. The molecule has 3 aromatic carbocycles. The number of hydrogen-bond donors (Lipinski definition) is 2. The summed E-state index contributed by atoms with van der Waals surface area (Å²) >= 11 is 0. The zero-order chi connectivity index (χ0) is 18.5. The number of nitrogens with one attached hydrogen (secondary N) is 2. The SMILES string of the molecule is Cc1cc(C)cc(NCc2ccccc2CNc2cc(C)cc(C)c2)c1. The summed E-state index contributed by atoms with van der Waals surface area (Å²) in [6, 6.07) is 21.8. The van der Waals surface area contributed by atoms with Crippen LogP contribution < -0.4 is 10.6 Å². The van der Waals surface area contributed by atoms with Crippen LogP contribution >= 0.6 is 0 Å². The molecular formula is C24H28N2. The van der Waals surface area contributed by atoms with Gasteiger partial charge in [0.15, 0.2) is 0 Å². The van der Waals surface area contributed by atoms with Crippen molar-refractivity contribution in [2.45, 2.75) is 40.8 Å². The van der Waals surface area contributed by atoms with Crippen molar-refractivity contribution < 1.29 is 0 Å². The zero-order valence-electron chi connectivity index (χ0n) is 16.2. The molecule has 26 heavy (non-hydrogen) atoms. The Hall–Kier alpha value is -2.74. The molecule has 2 nitrogen and oxygen atoms in total. The monoisotopic (exact) mass is 344 g/mol. The van der Waals surface area contributed by atoms with Gasteiger partial charge in [-0.2, -0.15) is 0 Å². The number of rotatable bonds is 6. The zero-order valence-corrected chi connectivity index (χ0v) is 16.2. The van der Waals surface area contributed by atoms with Gasteiger partial charge in [-0.3, -0.25) is 0 Å². The summed E-state index contributed by atoms with van der Waals surface area (Å²) in [6.07, 6.45) is 0. The van der Waals surface area contributed by atoms with Crippen LogP contribution in [0.4, 0.5) is 11.4 Å². The molecule has 0 aliphatic carbocycles. The van der Waals surface area contributed by atoms with Gasteiger partial charge in [0.1, 0.15) is 0 Å². The summed E-state index contributed by atoms with van der Waals surface area (Å²) in [5.41, 5.74) is 10.2. The summed E-state index contributed by atoms with van der Waals surface area (Å²) in [6.45, 7) is 10.2. The third kappa shape index (κ3) is 4.89. The lowest BCUT2D eigenvalue weighted by molar-refractivity contribution is 1.05. The fraction of sp³-hybridized carbons (Fsp3) is 0.250. The van der Waals surface area contributed by atoms with Gasteiger partial charge in [0.2, 0.25) is 0 Å². The van der Waals surface area contributed by atoms with Crippen molar-refractivity contribution in [1.82, 2.24) is 0 Å². The largest absolute Gasteiger partial charge is 0.381 e. The Bertz CT molecular complexity index is 781. The average Bonchev–Trinajstić information content (AvgIpc) is 2.57. The molecule has 0 aliphatic rings. The highest BCUT2D eigenvalue weighted by Gasteiger charge is 2.04. The molecule has 134 valence electrons. The van der Waals surface area contributed by atoms with Crippen molar-refractivity contribution in [3.63, 3.8) is 0 Å². The first-order valence-electron chi connectivity index (χ1n) is 9.21. The van der Waals surface area contributed by atoms with Crippen molar-refractivity contribution in [3.05, 3.63) is 94.0 Å². The van der Waals surface area contributed by atoms with E-state index in [4.69, 9.17) is 0 Å². The summed E-state index contributed by atoms with van der Waals surface area (Å²) in [5.74, 6) is 0. The molecule has 0 saturated carbocycles. The standard InChI is InChI=1S/C24H28N2/c1-17-9-18(2)12-23(11-17)25-15-21-7-5-6-8-22(21)16-26-24-13-19(3)10-20(4)14-24/h5-14,25-26H,15-16H2,1-4H3. The minimum atomic E-state index is 0.827. The van der Waals surface area contributed by atoms with E-state index in [0.29, 0.717) is 0 Å². The van der Waals surface area contributed by atoms with Crippen LogP contribution in [0.25, 0.3) is 0 Å². The van der Waals surface area contributed by atoms with Gasteiger partial charge in [-0.25, -0.2) is 0 Å². The first-order valence-corrected chi connectivity index (χ1v) is 9.21. The van der Waals surface area contributed by atoms with E-state index in [1.807, 2.05) is 0 Å². The summed E-state index contributed by atoms with van der Waals surface area (Å²) < 4.78 is 0. The molecular weight excluding hydrogens is 316 g/mol. The van der Waals surface area contributed by atoms with Crippen molar-refractivity contribution >= 4 is 11.4 Å². The van der Waals surface area contributed by atoms with E-state index in [1.165, 1.54) is 44.8 Å². The van der Waals surface area contributed by atoms with Crippen LogP contribution in [0.2, 0.25) is 0 Å². The van der Waals surface area contributed by atoms with Crippen molar-refractivity contribution in [2.24, 2.45) is 0 Å². The Morgan fingerprint density at radius 2 is 0.885 bits per heavy atom. The van der Waals surface area contributed by atoms with E-state index in [-0.39, 0.29) is 0 Å². The van der Waals surface area contributed by atoms with Crippen LogP contribution in [0.1, 0.15) is 33.4 Å². The van der Waals surface area contributed by atoms with E-state index in [9.17, 15) is 0 Å². The molecule has 0 heterocycles. The molecule has 2 N–H and O–H groups in total. The fourth-order valence-corrected chi connectivity index (χ4v) is 3.45. The molecule has 3 rings (SSSR count). The Balaban J connectivity index is 1.69. The molecule has 0 fully saturated rings. The highest BCUT2D eigenvalue weighted by molar-refractivity contribution is 5.51. The van der Waals surface area contributed by atoms with Crippen molar-refractivity contribution in [1.29, 1.82) is 0 Å². The average molecular weight is 345 g/mol. The van der Waals surface area contributed by atoms with Crippen molar-refractivity contribution in [2.75, 3.05) is 10.6 Å². The molecule has 0 amide bonds. The van der Waals surface area contributed by atoms with Gasteiger partial charge >= 0.3 is 0 Å². The molecule has 0 bridgehead atoms. The van der Waals surface area contributed by atoms with E-state index in [0.717, 1.165) is 13.1 Å². The van der Waals surface area contributed by atoms with Crippen molar-refractivity contribution in [3.8, 4) is 0 Å². The Kier molecular flexibility index (Phi) is 5.62. The predicted molar refractivity (Wildman–Crippen MR) is 113 cm³/mol. The molecule has 2 heteroatoms. The molecule has 0 atom stereocenters. The van der Waals surface area contributed by atoms with Crippen LogP contribution in [0.3, 0.4) is 0 Å². The minimum Gasteiger partial charge on any atom is -0.381 e. The second-order valence-corrected chi connectivity index (χ2v) is 7.23. The van der Waals surface area contributed by atoms with E-state index < -0.39 is 0 Å². The van der Waals surface area contributed by atoms with Gasteiger partial charge in [0, 0.05) is 24.5 Å². The second kappa shape index (κ2) is 8.09. The van der Waals surface area contributed by atoms with Crippen LogP contribution in [0, 0.1) is 27.7 Å². The van der Waals surface area contributed by atoms with Gasteiger partial charge < -0.3 is 10.6 Å². The van der Waals surface area contributed by atoms with Gasteiger partial charge in [-0.1, -0.05) is 36.4 Å². The first kappa shape index (κ1) is 18.1. The molecule has 0 aromatic heterocycles. The Morgan fingerprint density at radius 3 is 1.23 bits per heavy atom. The van der Waals surface area contributed by atoms with E-state index in [1.54, 1.807) is 0 Å². The summed E-state index contributed by atoms with van der Waals surface area (Å²) in [7, 11) is 0. The number of aryl methyl sites for hydroxylation is 4. The number of benzene rings is 3. The van der Waals surface area contributed by atoms with E-state index in [2.05, 4.69) is 99.0 Å². The molecule has 0 unspecified atom stereocenters. The summed E-state index contributed by atoms with van der Waals surface area (Å²) in [4.78, 5) is 0. The van der Waals surface area contributed by atoms with Crippen LogP contribution in [0.5, 0.6) is 0 Å². The maximum Gasteiger partial charge on any atom is 0.0404 e. The topological polar surface area (TPSA) is 24.1 Å². The highest BCUT2D eigenvalue weighted by Crippen LogP contribution is 2.19. The molecule has 3 aromatic rings. The number of hydrogen-bond acceptors (Lipinski definition) is 2. The fourth-order valence-electron chi connectivity index (χ4n) is 3.45. The van der Waals surface area contributed by atoms with Gasteiger partial charge in [-0.05, 0) is 85.3 Å². The van der Waals surface area contributed by atoms with Crippen LogP contribution in [0.15, 0.2) is 60.7 Å². The molecule has 0 radical (unpaired) electrons. The Morgan fingerprint density at radius 1 is 0.538 bits per heavy atom. The predicted octanol–water partition coefficient (Wildman–Crippen LogP) is 6.14. The molecule has 0 spiro atoms. The lowest BCUT2D eigenvalue weighted by atomic mass is 10.1. The van der Waals surface area contributed by atoms with Crippen LogP contribution in [-0.4, -0.2) is 0 Å². The second-order valence-electron chi connectivity index (χ2n) is 7.23. The lowest BCUT2D eigenvalue weighted by Gasteiger charge is -2.14. The lowest BCUT2D eigenvalue weighted by Crippen LogP contribution is -2.07. The van der Waals surface area contributed by atoms with Gasteiger partial charge in [0.05, 0.1) is 0 Å². The van der Waals surface area contributed by atoms with E-state index >= 15 is 0 Å². The van der Waals surface area contributed by atoms with Gasteiger partial charge in [-0.15, -0.1) is 0 Å². The minimum absolute atomic E-state index is 0.827.